The van der Waals surface area contributed by atoms with Crippen molar-refractivity contribution in [3.8, 4) is 11.8 Å². The lowest BCUT2D eigenvalue weighted by molar-refractivity contribution is 0.339. The number of ether oxygens (including phenoxy) is 1. The van der Waals surface area contributed by atoms with Crippen LogP contribution in [-0.4, -0.2) is 6.61 Å². The standard InChI is InChI=1S/C9H9NO.2C2H6/c1-2-11-9-6-4-3-5-8(9)7-10;2*1-2/h3-6H,2H2,1H3;2*1-2H3. The van der Waals surface area contributed by atoms with Crippen molar-refractivity contribution >= 4 is 0 Å². The van der Waals surface area contributed by atoms with Crippen molar-refractivity contribution in [2.45, 2.75) is 34.6 Å². The molecular weight excluding hydrogens is 186 g/mol. The highest BCUT2D eigenvalue weighted by Gasteiger charge is 1.98. The second-order valence-electron chi connectivity index (χ2n) is 2.04. The third kappa shape index (κ3) is 6.56. The highest BCUT2D eigenvalue weighted by Crippen LogP contribution is 2.15. The molecule has 0 amide bonds. The maximum atomic E-state index is 8.62. The van der Waals surface area contributed by atoms with Crippen molar-refractivity contribution in [3.05, 3.63) is 29.8 Å². The molecule has 0 saturated carbocycles. The van der Waals surface area contributed by atoms with Gasteiger partial charge in [-0.05, 0) is 19.1 Å². The Kier molecular flexibility index (Phi) is 13.3. The maximum absolute atomic E-state index is 8.62. The molecule has 0 atom stereocenters. The van der Waals surface area contributed by atoms with Crippen molar-refractivity contribution in [2.75, 3.05) is 6.61 Å². The van der Waals surface area contributed by atoms with Crippen molar-refractivity contribution < 1.29 is 4.74 Å². The zero-order valence-corrected chi connectivity index (χ0v) is 10.4. The fourth-order valence-electron chi connectivity index (χ4n) is 0.840. The molecule has 0 unspecified atom stereocenters. The molecule has 0 aliphatic carbocycles. The van der Waals surface area contributed by atoms with Gasteiger partial charge in [0.05, 0.1) is 12.2 Å². The maximum Gasteiger partial charge on any atom is 0.137 e. The van der Waals surface area contributed by atoms with Crippen LogP contribution in [0.5, 0.6) is 5.75 Å². The van der Waals surface area contributed by atoms with Crippen LogP contribution >= 0.6 is 0 Å². The Morgan fingerprint density at radius 2 is 1.67 bits per heavy atom. The predicted octanol–water partition coefficient (Wildman–Crippen LogP) is 4.01. The van der Waals surface area contributed by atoms with E-state index in [1.54, 1.807) is 12.1 Å². The molecule has 0 aliphatic rings. The van der Waals surface area contributed by atoms with Crippen LogP contribution in [0.4, 0.5) is 0 Å². The van der Waals surface area contributed by atoms with Gasteiger partial charge >= 0.3 is 0 Å². The first-order chi connectivity index (χ1) is 7.38. The van der Waals surface area contributed by atoms with E-state index in [-0.39, 0.29) is 0 Å². The van der Waals surface area contributed by atoms with Gasteiger partial charge in [0.2, 0.25) is 0 Å². The number of hydrogen-bond donors (Lipinski definition) is 0. The Morgan fingerprint density at radius 3 is 2.13 bits per heavy atom. The molecule has 0 fully saturated rings. The van der Waals surface area contributed by atoms with E-state index in [0.29, 0.717) is 17.9 Å². The quantitative estimate of drug-likeness (QED) is 0.734. The van der Waals surface area contributed by atoms with E-state index in [0.717, 1.165) is 0 Å². The number of hydrogen-bond acceptors (Lipinski definition) is 2. The van der Waals surface area contributed by atoms with E-state index in [9.17, 15) is 0 Å². The molecule has 0 N–H and O–H groups in total. The first-order valence-corrected chi connectivity index (χ1v) is 5.50. The van der Waals surface area contributed by atoms with Crippen LogP contribution in [-0.2, 0) is 0 Å². The van der Waals surface area contributed by atoms with Crippen molar-refractivity contribution in [2.24, 2.45) is 0 Å². The average molecular weight is 207 g/mol. The number of para-hydroxylation sites is 1. The number of nitriles is 1. The summed E-state index contributed by atoms with van der Waals surface area (Å²) in [6, 6.07) is 9.26. The van der Waals surface area contributed by atoms with Gasteiger partial charge < -0.3 is 4.74 Å². The largest absolute Gasteiger partial charge is 0.492 e. The molecule has 0 bridgehead atoms. The fraction of sp³-hybridized carbons (Fsp3) is 0.462. The molecule has 84 valence electrons. The number of benzene rings is 1. The molecule has 2 nitrogen and oxygen atoms in total. The van der Waals surface area contributed by atoms with Crippen LogP contribution in [0.2, 0.25) is 0 Å². The molecule has 2 heteroatoms. The second-order valence-corrected chi connectivity index (χ2v) is 2.04. The van der Waals surface area contributed by atoms with Gasteiger partial charge in [0.1, 0.15) is 11.8 Å². The lowest BCUT2D eigenvalue weighted by Gasteiger charge is -2.02. The van der Waals surface area contributed by atoms with Crippen LogP contribution in [0.3, 0.4) is 0 Å². The summed E-state index contributed by atoms with van der Waals surface area (Å²) in [7, 11) is 0. The van der Waals surface area contributed by atoms with Crippen LogP contribution in [0.1, 0.15) is 40.2 Å². The van der Waals surface area contributed by atoms with E-state index in [4.69, 9.17) is 10.00 Å². The molecule has 0 radical (unpaired) electrons. The predicted molar refractivity (Wildman–Crippen MR) is 65.0 cm³/mol. The summed E-state index contributed by atoms with van der Waals surface area (Å²) in [5.74, 6) is 0.664. The first kappa shape index (κ1) is 16.0. The smallest absolute Gasteiger partial charge is 0.137 e. The van der Waals surface area contributed by atoms with Gasteiger partial charge in [-0.2, -0.15) is 5.26 Å². The molecule has 1 aromatic rings. The summed E-state index contributed by atoms with van der Waals surface area (Å²) in [5, 5.41) is 8.62. The highest BCUT2D eigenvalue weighted by molar-refractivity contribution is 5.42. The van der Waals surface area contributed by atoms with Gasteiger partial charge in [0.25, 0.3) is 0 Å². The molecular formula is C13H21NO. The molecule has 0 aliphatic heterocycles. The zero-order valence-electron chi connectivity index (χ0n) is 10.4. The van der Waals surface area contributed by atoms with Gasteiger partial charge in [-0.25, -0.2) is 0 Å². The fourth-order valence-corrected chi connectivity index (χ4v) is 0.840. The number of rotatable bonds is 2. The number of nitrogens with zero attached hydrogens (tertiary/aromatic N) is 1. The normalized spacial score (nSPS) is 7.20. The van der Waals surface area contributed by atoms with Gasteiger partial charge in [0, 0.05) is 0 Å². The molecule has 0 spiro atoms. The second kappa shape index (κ2) is 12.5. The lowest BCUT2D eigenvalue weighted by Crippen LogP contribution is -1.93. The molecule has 15 heavy (non-hydrogen) atoms. The van der Waals surface area contributed by atoms with E-state index in [1.165, 1.54) is 0 Å². The average Bonchev–Trinajstić information content (AvgIpc) is 2.35. The Morgan fingerprint density at radius 1 is 1.13 bits per heavy atom. The minimum Gasteiger partial charge on any atom is -0.492 e. The summed E-state index contributed by atoms with van der Waals surface area (Å²) in [6.45, 7) is 10.5. The first-order valence-electron chi connectivity index (χ1n) is 5.50. The summed E-state index contributed by atoms with van der Waals surface area (Å²) in [6.07, 6.45) is 0. The minimum atomic E-state index is 0.592. The highest BCUT2D eigenvalue weighted by atomic mass is 16.5. The van der Waals surface area contributed by atoms with Gasteiger partial charge in [0.15, 0.2) is 0 Å². The zero-order chi connectivity index (χ0) is 12.1. The molecule has 0 aromatic heterocycles. The topological polar surface area (TPSA) is 33.0 Å². The van der Waals surface area contributed by atoms with Gasteiger partial charge in [-0.1, -0.05) is 39.8 Å². The van der Waals surface area contributed by atoms with E-state index in [1.807, 2.05) is 46.8 Å². The third-order valence-corrected chi connectivity index (χ3v) is 1.31. The van der Waals surface area contributed by atoms with Crippen molar-refractivity contribution in [3.63, 3.8) is 0 Å². The molecule has 1 rings (SSSR count). The van der Waals surface area contributed by atoms with Crippen molar-refractivity contribution in [1.82, 2.24) is 0 Å². The van der Waals surface area contributed by atoms with Crippen molar-refractivity contribution in [1.29, 1.82) is 5.26 Å². The summed E-state index contributed by atoms with van der Waals surface area (Å²) < 4.78 is 5.21. The Hall–Kier alpha value is -1.49. The monoisotopic (exact) mass is 207 g/mol. The molecule has 1 aromatic carbocycles. The summed E-state index contributed by atoms with van der Waals surface area (Å²) >= 11 is 0. The Labute approximate surface area is 93.5 Å². The molecule has 0 heterocycles. The Balaban J connectivity index is 0. The molecule has 0 saturated heterocycles. The van der Waals surface area contributed by atoms with Gasteiger partial charge in [-0.3, -0.25) is 0 Å². The van der Waals surface area contributed by atoms with E-state index < -0.39 is 0 Å². The van der Waals surface area contributed by atoms with Crippen LogP contribution in [0, 0.1) is 11.3 Å². The van der Waals surface area contributed by atoms with Gasteiger partial charge in [-0.15, -0.1) is 0 Å². The Bertz CT molecular complexity index is 276. The SMILES string of the molecule is CC.CC.CCOc1ccccc1C#N. The third-order valence-electron chi connectivity index (χ3n) is 1.31. The summed E-state index contributed by atoms with van der Waals surface area (Å²) in [4.78, 5) is 0. The van der Waals surface area contributed by atoms with E-state index >= 15 is 0 Å². The van der Waals surface area contributed by atoms with Crippen LogP contribution in [0.25, 0.3) is 0 Å². The summed E-state index contributed by atoms with van der Waals surface area (Å²) in [5.41, 5.74) is 0.592. The van der Waals surface area contributed by atoms with Crippen LogP contribution < -0.4 is 4.74 Å². The minimum absolute atomic E-state index is 0.592. The van der Waals surface area contributed by atoms with E-state index in [2.05, 4.69) is 6.07 Å². The van der Waals surface area contributed by atoms with Crippen LogP contribution in [0.15, 0.2) is 24.3 Å². The lowest BCUT2D eigenvalue weighted by atomic mass is 10.2.